The molecule has 0 bridgehead atoms. The summed E-state index contributed by atoms with van der Waals surface area (Å²) in [5, 5.41) is 2.80. The Bertz CT molecular complexity index is 931. The van der Waals surface area contributed by atoms with Crippen molar-refractivity contribution in [2.45, 2.75) is 19.1 Å². The summed E-state index contributed by atoms with van der Waals surface area (Å²) in [5.74, 6) is -0.350. The molecule has 0 unspecified atom stereocenters. The number of benzene rings is 1. The van der Waals surface area contributed by atoms with E-state index >= 15 is 0 Å². The third kappa shape index (κ3) is 4.82. The zero-order valence-corrected chi connectivity index (χ0v) is 17.0. The molecule has 0 amide bonds. The Kier molecular flexibility index (Phi) is 6.15. The molecule has 2 fully saturated rings. The van der Waals surface area contributed by atoms with Crippen molar-refractivity contribution < 1.29 is 27.0 Å². The lowest BCUT2D eigenvalue weighted by molar-refractivity contribution is -0.137. The smallest absolute Gasteiger partial charge is 0.421 e. The molecule has 3 heterocycles. The van der Waals surface area contributed by atoms with Crippen molar-refractivity contribution in [3.05, 3.63) is 35.3 Å². The van der Waals surface area contributed by atoms with Crippen molar-refractivity contribution in [1.29, 1.82) is 0 Å². The van der Waals surface area contributed by atoms with Crippen molar-refractivity contribution in [3.63, 3.8) is 0 Å². The van der Waals surface area contributed by atoms with Crippen LogP contribution in [0.25, 0.3) is 0 Å². The summed E-state index contributed by atoms with van der Waals surface area (Å²) in [6, 6.07) is 2.83. The van der Waals surface area contributed by atoms with Crippen molar-refractivity contribution in [2.24, 2.45) is 0 Å². The maximum absolute atomic E-state index is 14.8. The van der Waals surface area contributed by atoms with Gasteiger partial charge in [-0.3, -0.25) is 4.90 Å². The summed E-state index contributed by atoms with van der Waals surface area (Å²) < 4.78 is 65.4. The minimum absolute atomic E-state index is 0.0615. The Hall–Kier alpha value is -2.66. The zero-order chi connectivity index (χ0) is 22.0. The zero-order valence-electron chi connectivity index (χ0n) is 17.0. The van der Waals surface area contributed by atoms with E-state index in [1.54, 1.807) is 11.0 Å². The lowest BCUT2D eigenvalue weighted by Gasteiger charge is -2.33. The summed E-state index contributed by atoms with van der Waals surface area (Å²) in [4.78, 5) is 11.5. The average molecular weight is 441 g/mol. The Morgan fingerprint density at radius 3 is 2.52 bits per heavy atom. The lowest BCUT2D eigenvalue weighted by atomic mass is 10.1. The number of methoxy groups -OCH3 is 1. The highest BCUT2D eigenvalue weighted by molar-refractivity contribution is 5.65. The van der Waals surface area contributed by atoms with Crippen LogP contribution >= 0.6 is 0 Å². The molecule has 1 aromatic carbocycles. The summed E-state index contributed by atoms with van der Waals surface area (Å²) >= 11 is 0. The van der Waals surface area contributed by atoms with Gasteiger partial charge in [0, 0.05) is 50.6 Å². The SMILES string of the molecule is COc1cc(CN2CCOCC2)c(F)cc1Nc1ncc(C(F)(F)F)c(N2CCC2)n1. The van der Waals surface area contributed by atoms with Crippen LogP contribution in [0.1, 0.15) is 17.5 Å². The van der Waals surface area contributed by atoms with E-state index in [4.69, 9.17) is 9.47 Å². The molecule has 0 saturated carbocycles. The van der Waals surface area contributed by atoms with E-state index in [0.29, 0.717) is 57.3 Å². The number of halogens is 4. The molecule has 2 aliphatic rings. The molecule has 0 aliphatic carbocycles. The molecule has 2 aliphatic heterocycles. The first-order valence-electron chi connectivity index (χ1n) is 9.98. The van der Waals surface area contributed by atoms with Crippen LogP contribution in [0.3, 0.4) is 0 Å². The van der Waals surface area contributed by atoms with Crippen LogP contribution < -0.4 is 15.0 Å². The second kappa shape index (κ2) is 8.83. The van der Waals surface area contributed by atoms with E-state index in [1.165, 1.54) is 13.2 Å². The van der Waals surface area contributed by atoms with Gasteiger partial charge in [-0.1, -0.05) is 0 Å². The predicted molar refractivity (Wildman–Crippen MR) is 106 cm³/mol. The molecule has 4 rings (SSSR count). The van der Waals surface area contributed by atoms with Crippen LogP contribution in [0.2, 0.25) is 0 Å². The number of anilines is 3. The fourth-order valence-electron chi connectivity index (χ4n) is 3.51. The molecule has 11 heteroatoms. The molecule has 0 atom stereocenters. The van der Waals surface area contributed by atoms with E-state index in [-0.39, 0.29) is 17.5 Å². The van der Waals surface area contributed by atoms with Gasteiger partial charge in [-0.05, 0) is 12.5 Å². The normalized spacial score (nSPS) is 17.4. The molecule has 1 N–H and O–H groups in total. The number of nitrogens with zero attached hydrogens (tertiary/aromatic N) is 4. The van der Waals surface area contributed by atoms with E-state index in [1.807, 2.05) is 0 Å². The Morgan fingerprint density at radius 1 is 1.16 bits per heavy atom. The van der Waals surface area contributed by atoms with E-state index in [0.717, 1.165) is 12.6 Å². The number of hydrogen-bond donors (Lipinski definition) is 1. The Balaban J connectivity index is 1.59. The predicted octanol–water partition coefficient (Wildman–Crippen LogP) is 3.43. The Morgan fingerprint density at radius 2 is 1.90 bits per heavy atom. The average Bonchev–Trinajstić information content (AvgIpc) is 2.69. The minimum Gasteiger partial charge on any atom is -0.495 e. The second-order valence-corrected chi connectivity index (χ2v) is 7.43. The van der Waals surface area contributed by atoms with Crippen molar-refractivity contribution >= 4 is 17.5 Å². The molecule has 168 valence electrons. The third-order valence-corrected chi connectivity index (χ3v) is 5.34. The number of morpholine rings is 1. The minimum atomic E-state index is -4.56. The first-order chi connectivity index (χ1) is 14.8. The van der Waals surface area contributed by atoms with Gasteiger partial charge in [0.25, 0.3) is 0 Å². The lowest BCUT2D eigenvalue weighted by Crippen LogP contribution is -2.39. The van der Waals surface area contributed by atoms with Gasteiger partial charge < -0.3 is 19.7 Å². The topological polar surface area (TPSA) is 62.8 Å². The standard InChI is InChI=1S/C20H23F4N5O2/c1-30-17-9-13(12-28-5-7-31-8-6-28)15(21)10-16(17)26-19-25-11-14(20(22,23)24)18(27-19)29-3-2-4-29/h9-11H,2-8,12H2,1H3,(H,25,26,27). The quantitative estimate of drug-likeness (QED) is 0.690. The molecule has 2 saturated heterocycles. The van der Waals surface area contributed by atoms with Gasteiger partial charge in [-0.2, -0.15) is 18.2 Å². The van der Waals surface area contributed by atoms with Crippen molar-refractivity contribution in [1.82, 2.24) is 14.9 Å². The molecule has 2 aromatic rings. The highest BCUT2D eigenvalue weighted by Gasteiger charge is 2.38. The van der Waals surface area contributed by atoms with Crippen molar-refractivity contribution in [2.75, 3.05) is 56.7 Å². The largest absolute Gasteiger partial charge is 0.495 e. The van der Waals surface area contributed by atoms with Crippen LogP contribution in [-0.2, 0) is 17.5 Å². The molecule has 0 spiro atoms. The molecule has 0 radical (unpaired) electrons. The number of nitrogens with one attached hydrogen (secondary N) is 1. The van der Waals surface area contributed by atoms with Crippen molar-refractivity contribution in [3.8, 4) is 5.75 Å². The maximum atomic E-state index is 14.8. The van der Waals surface area contributed by atoms with Gasteiger partial charge in [0.15, 0.2) is 0 Å². The van der Waals surface area contributed by atoms with E-state index in [9.17, 15) is 17.6 Å². The number of ether oxygens (including phenoxy) is 2. The summed E-state index contributed by atoms with van der Waals surface area (Å²) in [6.07, 6.45) is -3.01. The molecular weight excluding hydrogens is 418 g/mol. The molecular formula is C20H23F4N5O2. The molecule has 31 heavy (non-hydrogen) atoms. The molecule has 7 nitrogen and oxygen atoms in total. The number of alkyl halides is 3. The van der Waals surface area contributed by atoms with Gasteiger partial charge in [0.2, 0.25) is 5.95 Å². The number of hydrogen-bond acceptors (Lipinski definition) is 7. The summed E-state index contributed by atoms with van der Waals surface area (Å²) in [6.45, 7) is 4.01. The maximum Gasteiger partial charge on any atom is 0.421 e. The highest BCUT2D eigenvalue weighted by Crippen LogP contribution is 2.38. The van der Waals surface area contributed by atoms with Crippen LogP contribution in [-0.4, -0.2) is 61.4 Å². The van der Waals surface area contributed by atoms with Crippen LogP contribution in [0.5, 0.6) is 5.75 Å². The van der Waals surface area contributed by atoms with E-state index < -0.39 is 17.6 Å². The van der Waals surface area contributed by atoms with Gasteiger partial charge in [0.1, 0.15) is 22.9 Å². The summed E-state index contributed by atoms with van der Waals surface area (Å²) in [5.41, 5.74) is -0.198. The monoisotopic (exact) mass is 441 g/mol. The second-order valence-electron chi connectivity index (χ2n) is 7.43. The van der Waals surface area contributed by atoms with Gasteiger partial charge in [-0.15, -0.1) is 0 Å². The van der Waals surface area contributed by atoms with Gasteiger partial charge in [0.05, 0.1) is 26.0 Å². The van der Waals surface area contributed by atoms with Gasteiger partial charge in [-0.25, -0.2) is 9.37 Å². The summed E-state index contributed by atoms with van der Waals surface area (Å²) in [7, 11) is 1.44. The fraction of sp³-hybridized carbons (Fsp3) is 0.500. The first-order valence-corrected chi connectivity index (χ1v) is 9.98. The fourth-order valence-corrected chi connectivity index (χ4v) is 3.51. The van der Waals surface area contributed by atoms with Crippen LogP contribution in [0.15, 0.2) is 18.3 Å². The molecule has 1 aromatic heterocycles. The van der Waals surface area contributed by atoms with E-state index in [2.05, 4.69) is 20.2 Å². The third-order valence-electron chi connectivity index (χ3n) is 5.34. The van der Waals surface area contributed by atoms with Crippen LogP contribution in [0, 0.1) is 5.82 Å². The highest BCUT2D eigenvalue weighted by atomic mass is 19.4. The number of rotatable bonds is 6. The van der Waals surface area contributed by atoms with Gasteiger partial charge >= 0.3 is 6.18 Å². The Labute approximate surface area is 177 Å². The number of aromatic nitrogens is 2. The first kappa shape index (κ1) is 21.6. The van der Waals surface area contributed by atoms with Crippen LogP contribution in [0.4, 0.5) is 35.0 Å².